The zero-order valence-corrected chi connectivity index (χ0v) is 13.5. The number of rotatable bonds is 4. The van der Waals surface area contributed by atoms with Gasteiger partial charge in [0.15, 0.2) is 0 Å². The molecule has 2 rings (SSSR count). The molecule has 0 saturated carbocycles. The van der Waals surface area contributed by atoms with Gasteiger partial charge in [0, 0.05) is 22.7 Å². The highest BCUT2D eigenvalue weighted by Crippen LogP contribution is 2.30. The van der Waals surface area contributed by atoms with Crippen molar-refractivity contribution >= 4 is 21.6 Å². The van der Waals surface area contributed by atoms with Crippen molar-refractivity contribution in [3.63, 3.8) is 0 Å². The van der Waals surface area contributed by atoms with E-state index < -0.39 is 0 Å². The molecule has 0 radical (unpaired) electrons. The standard InChI is InChI=1S/C15H23BrN2O/c1-4-12-10-19-8-7-18(12)13-5-6-14(11(2)17-3)15(16)9-13/h5-6,9,11-12,17H,4,7-8,10H2,1-3H3. The van der Waals surface area contributed by atoms with E-state index in [0.717, 1.165) is 26.2 Å². The lowest BCUT2D eigenvalue weighted by Crippen LogP contribution is -2.45. The van der Waals surface area contributed by atoms with E-state index in [0.29, 0.717) is 12.1 Å². The molecule has 2 unspecified atom stereocenters. The van der Waals surface area contributed by atoms with E-state index in [-0.39, 0.29) is 0 Å². The van der Waals surface area contributed by atoms with Gasteiger partial charge < -0.3 is 15.0 Å². The first-order chi connectivity index (χ1) is 9.17. The lowest BCUT2D eigenvalue weighted by molar-refractivity contribution is 0.0930. The monoisotopic (exact) mass is 326 g/mol. The predicted molar refractivity (Wildman–Crippen MR) is 83.9 cm³/mol. The van der Waals surface area contributed by atoms with Crippen molar-refractivity contribution in [2.45, 2.75) is 32.4 Å². The van der Waals surface area contributed by atoms with Crippen molar-refractivity contribution in [2.75, 3.05) is 31.7 Å². The average molecular weight is 327 g/mol. The van der Waals surface area contributed by atoms with E-state index in [9.17, 15) is 0 Å². The highest BCUT2D eigenvalue weighted by molar-refractivity contribution is 9.10. The van der Waals surface area contributed by atoms with Gasteiger partial charge in [-0.05, 0) is 38.1 Å². The van der Waals surface area contributed by atoms with Crippen molar-refractivity contribution in [3.8, 4) is 0 Å². The van der Waals surface area contributed by atoms with Gasteiger partial charge in [0.1, 0.15) is 0 Å². The third-order valence-electron chi connectivity index (χ3n) is 3.91. The maximum absolute atomic E-state index is 5.57. The van der Waals surface area contributed by atoms with Gasteiger partial charge in [0.05, 0.1) is 19.3 Å². The first kappa shape index (κ1) is 14.8. The Kier molecular flexibility index (Phi) is 5.25. The Hall–Kier alpha value is -0.580. The van der Waals surface area contributed by atoms with Crippen LogP contribution in [0.4, 0.5) is 5.69 Å². The molecule has 1 N–H and O–H groups in total. The molecule has 0 aliphatic carbocycles. The van der Waals surface area contributed by atoms with Gasteiger partial charge in [0.2, 0.25) is 0 Å². The van der Waals surface area contributed by atoms with E-state index in [1.165, 1.54) is 15.7 Å². The number of halogens is 1. The number of ether oxygens (including phenoxy) is 1. The number of nitrogens with one attached hydrogen (secondary N) is 1. The number of anilines is 1. The molecule has 19 heavy (non-hydrogen) atoms. The van der Waals surface area contributed by atoms with Gasteiger partial charge in [-0.2, -0.15) is 0 Å². The fourth-order valence-corrected chi connectivity index (χ4v) is 3.24. The molecule has 1 fully saturated rings. The maximum atomic E-state index is 5.57. The summed E-state index contributed by atoms with van der Waals surface area (Å²) < 4.78 is 6.75. The van der Waals surface area contributed by atoms with Gasteiger partial charge in [-0.3, -0.25) is 0 Å². The fourth-order valence-electron chi connectivity index (χ4n) is 2.53. The van der Waals surface area contributed by atoms with Crippen LogP contribution < -0.4 is 10.2 Å². The van der Waals surface area contributed by atoms with Crippen LogP contribution in [0.15, 0.2) is 22.7 Å². The van der Waals surface area contributed by atoms with Crippen LogP contribution in [0.5, 0.6) is 0 Å². The zero-order valence-electron chi connectivity index (χ0n) is 11.9. The Morgan fingerprint density at radius 3 is 2.95 bits per heavy atom. The molecule has 1 aliphatic heterocycles. The molecule has 2 atom stereocenters. The topological polar surface area (TPSA) is 24.5 Å². The number of hydrogen-bond donors (Lipinski definition) is 1. The molecule has 0 aromatic heterocycles. The largest absolute Gasteiger partial charge is 0.377 e. The Balaban J connectivity index is 2.23. The normalized spacial score (nSPS) is 21.5. The van der Waals surface area contributed by atoms with Crippen LogP contribution in [0.25, 0.3) is 0 Å². The minimum absolute atomic E-state index is 0.357. The molecule has 1 heterocycles. The molecule has 3 nitrogen and oxygen atoms in total. The molecule has 106 valence electrons. The molecule has 4 heteroatoms. The highest BCUT2D eigenvalue weighted by atomic mass is 79.9. The summed E-state index contributed by atoms with van der Waals surface area (Å²) in [5, 5.41) is 3.28. The Morgan fingerprint density at radius 1 is 1.53 bits per heavy atom. The molecule has 0 bridgehead atoms. The lowest BCUT2D eigenvalue weighted by Gasteiger charge is -2.37. The third kappa shape index (κ3) is 3.30. The van der Waals surface area contributed by atoms with Crippen molar-refractivity contribution in [2.24, 2.45) is 0 Å². The molecular formula is C15H23BrN2O. The van der Waals surface area contributed by atoms with Gasteiger partial charge in [-0.15, -0.1) is 0 Å². The summed E-state index contributed by atoms with van der Waals surface area (Å²) in [5.74, 6) is 0. The first-order valence-corrected chi connectivity index (χ1v) is 7.77. The quantitative estimate of drug-likeness (QED) is 0.918. The molecule has 1 aromatic rings. The van der Waals surface area contributed by atoms with Crippen LogP contribution in [0, 0.1) is 0 Å². The molecule has 0 amide bonds. The molecule has 0 spiro atoms. The van der Waals surface area contributed by atoms with Crippen LogP contribution in [0.2, 0.25) is 0 Å². The SMILES string of the molecule is CCC1COCCN1c1ccc(C(C)NC)c(Br)c1. The van der Waals surface area contributed by atoms with E-state index in [2.05, 4.69) is 58.2 Å². The molecular weight excluding hydrogens is 304 g/mol. The number of benzene rings is 1. The summed E-state index contributed by atoms with van der Waals surface area (Å²) in [6.45, 7) is 7.03. The van der Waals surface area contributed by atoms with Crippen LogP contribution in [0.3, 0.4) is 0 Å². The molecule has 1 saturated heterocycles. The van der Waals surface area contributed by atoms with Crippen LogP contribution in [-0.2, 0) is 4.74 Å². The van der Waals surface area contributed by atoms with E-state index in [1.807, 2.05) is 7.05 Å². The maximum Gasteiger partial charge on any atom is 0.0670 e. The van der Waals surface area contributed by atoms with Gasteiger partial charge >= 0.3 is 0 Å². The van der Waals surface area contributed by atoms with Crippen LogP contribution in [-0.4, -0.2) is 32.8 Å². The van der Waals surface area contributed by atoms with Gasteiger partial charge in [-0.25, -0.2) is 0 Å². The number of nitrogens with zero attached hydrogens (tertiary/aromatic N) is 1. The predicted octanol–water partition coefficient (Wildman–Crippen LogP) is 3.34. The average Bonchev–Trinajstić information content (AvgIpc) is 2.46. The molecule has 1 aromatic carbocycles. The lowest BCUT2D eigenvalue weighted by atomic mass is 10.1. The second-order valence-corrected chi connectivity index (χ2v) is 5.90. The van der Waals surface area contributed by atoms with Crippen molar-refractivity contribution in [3.05, 3.63) is 28.2 Å². The minimum Gasteiger partial charge on any atom is -0.377 e. The van der Waals surface area contributed by atoms with E-state index in [4.69, 9.17) is 4.74 Å². The van der Waals surface area contributed by atoms with Crippen molar-refractivity contribution in [1.29, 1.82) is 0 Å². The summed E-state index contributed by atoms with van der Waals surface area (Å²) in [7, 11) is 1.99. The van der Waals surface area contributed by atoms with Gasteiger partial charge in [-0.1, -0.05) is 28.9 Å². The second-order valence-electron chi connectivity index (χ2n) is 5.05. The second kappa shape index (κ2) is 6.73. The van der Waals surface area contributed by atoms with Gasteiger partial charge in [0.25, 0.3) is 0 Å². The van der Waals surface area contributed by atoms with Crippen molar-refractivity contribution < 1.29 is 4.74 Å². The van der Waals surface area contributed by atoms with E-state index in [1.54, 1.807) is 0 Å². The summed E-state index contributed by atoms with van der Waals surface area (Å²) in [5.41, 5.74) is 2.58. The number of morpholine rings is 1. The Labute approximate surface area is 124 Å². The smallest absolute Gasteiger partial charge is 0.0670 e. The summed E-state index contributed by atoms with van der Waals surface area (Å²) in [6, 6.07) is 7.52. The Bertz CT molecular complexity index is 425. The fraction of sp³-hybridized carbons (Fsp3) is 0.600. The minimum atomic E-state index is 0.357. The molecule has 1 aliphatic rings. The first-order valence-electron chi connectivity index (χ1n) is 6.98. The van der Waals surface area contributed by atoms with Crippen LogP contribution >= 0.6 is 15.9 Å². The van der Waals surface area contributed by atoms with Crippen molar-refractivity contribution in [1.82, 2.24) is 5.32 Å². The number of hydrogen-bond acceptors (Lipinski definition) is 3. The van der Waals surface area contributed by atoms with E-state index >= 15 is 0 Å². The third-order valence-corrected chi connectivity index (χ3v) is 4.60. The zero-order chi connectivity index (χ0) is 13.8. The summed E-state index contributed by atoms with van der Waals surface area (Å²) in [6.07, 6.45) is 1.12. The summed E-state index contributed by atoms with van der Waals surface area (Å²) in [4.78, 5) is 2.46. The summed E-state index contributed by atoms with van der Waals surface area (Å²) >= 11 is 3.70. The van der Waals surface area contributed by atoms with Crippen LogP contribution in [0.1, 0.15) is 31.9 Å². The highest BCUT2D eigenvalue weighted by Gasteiger charge is 2.22. The Morgan fingerprint density at radius 2 is 2.32 bits per heavy atom.